The van der Waals surface area contributed by atoms with E-state index < -0.39 is 6.10 Å². The maximum atomic E-state index is 10.5. The topological polar surface area (TPSA) is 38.7 Å². The number of rotatable bonds is 4. The van der Waals surface area contributed by atoms with E-state index in [0.717, 1.165) is 28.9 Å². The van der Waals surface area contributed by atoms with Gasteiger partial charge in [-0.25, -0.2) is 0 Å². The zero-order valence-electron chi connectivity index (χ0n) is 10.9. The monoisotopic (exact) mass is 248 g/mol. The summed E-state index contributed by atoms with van der Waals surface area (Å²) in [5, 5.41) is 10.5. The van der Waals surface area contributed by atoms with E-state index in [1.807, 2.05) is 18.2 Å². The number of ether oxygens (including phenoxy) is 2. The molecule has 3 rings (SSSR count). The highest BCUT2D eigenvalue weighted by atomic mass is 16.5. The Labute approximate surface area is 108 Å². The van der Waals surface area contributed by atoms with Crippen molar-refractivity contribution in [2.24, 2.45) is 17.8 Å². The number of benzene rings is 1. The number of hydrogen-bond donors (Lipinski definition) is 1. The largest absolute Gasteiger partial charge is 0.497 e. The van der Waals surface area contributed by atoms with Gasteiger partial charge in [-0.05, 0) is 49.1 Å². The molecule has 1 N–H and O–H groups in total. The molecule has 2 fully saturated rings. The molecule has 98 valence electrons. The molecule has 2 saturated carbocycles. The van der Waals surface area contributed by atoms with E-state index in [2.05, 4.69) is 0 Å². The predicted molar refractivity (Wildman–Crippen MR) is 68.8 cm³/mol. The number of fused-ring (bicyclic) bond motifs is 1. The van der Waals surface area contributed by atoms with Crippen molar-refractivity contribution in [3.05, 3.63) is 23.8 Å². The molecular formula is C15H20O3. The fraction of sp³-hybridized carbons (Fsp3) is 0.600. The van der Waals surface area contributed by atoms with Gasteiger partial charge in [-0.1, -0.05) is 0 Å². The molecule has 1 aromatic carbocycles. The van der Waals surface area contributed by atoms with Crippen LogP contribution in [0, 0.1) is 17.8 Å². The lowest BCUT2D eigenvalue weighted by Gasteiger charge is -2.22. The van der Waals surface area contributed by atoms with Crippen molar-refractivity contribution in [3.63, 3.8) is 0 Å². The van der Waals surface area contributed by atoms with Gasteiger partial charge in [-0.15, -0.1) is 0 Å². The first-order chi connectivity index (χ1) is 8.72. The van der Waals surface area contributed by atoms with Gasteiger partial charge in [-0.2, -0.15) is 0 Å². The van der Waals surface area contributed by atoms with E-state index in [-0.39, 0.29) is 0 Å². The maximum absolute atomic E-state index is 10.5. The molecule has 0 heterocycles. The van der Waals surface area contributed by atoms with Crippen LogP contribution >= 0.6 is 0 Å². The lowest BCUT2D eigenvalue weighted by Crippen LogP contribution is -2.12. The minimum atomic E-state index is -0.404. The lowest BCUT2D eigenvalue weighted by molar-refractivity contribution is 0.101. The van der Waals surface area contributed by atoms with Crippen LogP contribution in [0.15, 0.2) is 18.2 Å². The Bertz CT molecular complexity index is 433. The molecule has 2 aliphatic rings. The molecule has 1 aromatic rings. The SMILES string of the molecule is COc1ccc(C(O)C2CC3CC3C2)c(OC)c1. The van der Waals surface area contributed by atoms with Crippen molar-refractivity contribution in [1.82, 2.24) is 0 Å². The molecule has 3 nitrogen and oxygen atoms in total. The highest BCUT2D eigenvalue weighted by molar-refractivity contribution is 5.42. The third-order valence-electron chi connectivity index (χ3n) is 4.49. The third-order valence-corrected chi connectivity index (χ3v) is 4.49. The summed E-state index contributed by atoms with van der Waals surface area (Å²) in [7, 11) is 3.27. The van der Waals surface area contributed by atoms with Gasteiger partial charge < -0.3 is 14.6 Å². The molecule has 0 spiro atoms. The molecule has 0 saturated heterocycles. The Morgan fingerprint density at radius 2 is 1.83 bits per heavy atom. The van der Waals surface area contributed by atoms with E-state index in [9.17, 15) is 5.11 Å². The molecule has 0 aliphatic heterocycles. The quantitative estimate of drug-likeness (QED) is 0.890. The second-order valence-electron chi connectivity index (χ2n) is 5.54. The van der Waals surface area contributed by atoms with Gasteiger partial charge in [-0.3, -0.25) is 0 Å². The summed E-state index contributed by atoms with van der Waals surface area (Å²) in [6.45, 7) is 0. The van der Waals surface area contributed by atoms with Crippen molar-refractivity contribution >= 4 is 0 Å². The summed E-state index contributed by atoms with van der Waals surface area (Å²) < 4.78 is 10.5. The first kappa shape index (κ1) is 11.8. The molecule has 3 unspecified atom stereocenters. The van der Waals surface area contributed by atoms with Crippen molar-refractivity contribution in [3.8, 4) is 11.5 Å². The van der Waals surface area contributed by atoms with Crippen LogP contribution in [0.1, 0.15) is 30.9 Å². The predicted octanol–water partition coefficient (Wildman–Crippen LogP) is 2.78. The maximum Gasteiger partial charge on any atom is 0.128 e. The molecule has 3 atom stereocenters. The minimum absolute atomic E-state index is 0.399. The Morgan fingerprint density at radius 3 is 2.44 bits per heavy atom. The molecule has 0 radical (unpaired) electrons. The average molecular weight is 248 g/mol. The van der Waals surface area contributed by atoms with Gasteiger partial charge in [0.1, 0.15) is 11.5 Å². The van der Waals surface area contributed by atoms with Gasteiger partial charge in [0, 0.05) is 11.6 Å². The van der Waals surface area contributed by atoms with Gasteiger partial charge in [0.15, 0.2) is 0 Å². The van der Waals surface area contributed by atoms with Crippen molar-refractivity contribution in [2.45, 2.75) is 25.4 Å². The lowest BCUT2D eigenvalue weighted by atomic mass is 9.91. The highest BCUT2D eigenvalue weighted by Gasteiger charge is 2.48. The van der Waals surface area contributed by atoms with Crippen molar-refractivity contribution in [2.75, 3.05) is 14.2 Å². The van der Waals surface area contributed by atoms with Crippen molar-refractivity contribution in [1.29, 1.82) is 0 Å². The van der Waals surface area contributed by atoms with Crippen LogP contribution in [-0.2, 0) is 0 Å². The Kier molecular flexibility index (Phi) is 2.94. The van der Waals surface area contributed by atoms with Gasteiger partial charge in [0.05, 0.1) is 20.3 Å². The van der Waals surface area contributed by atoms with Gasteiger partial charge in [0.2, 0.25) is 0 Å². The number of methoxy groups -OCH3 is 2. The van der Waals surface area contributed by atoms with E-state index in [0.29, 0.717) is 5.92 Å². The molecule has 0 amide bonds. The number of hydrogen-bond acceptors (Lipinski definition) is 3. The smallest absolute Gasteiger partial charge is 0.128 e. The van der Waals surface area contributed by atoms with Crippen LogP contribution < -0.4 is 9.47 Å². The standard InChI is InChI=1S/C15H20O3/c1-17-12-3-4-13(14(8-12)18-2)15(16)11-6-9-5-10(9)7-11/h3-4,8-11,15-16H,5-7H2,1-2H3. The molecule has 0 bridgehead atoms. The number of aliphatic hydroxyl groups is 1. The van der Waals surface area contributed by atoms with Crippen LogP contribution in [0.3, 0.4) is 0 Å². The molecular weight excluding hydrogens is 228 g/mol. The van der Waals surface area contributed by atoms with Crippen LogP contribution in [0.2, 0.25) is 0 Å². The zero-order chi connectivity index (χ0) is 12.7. The summed E-state index contributed by atoms with van der Waals surface area (Å²) in [6, 6.07) is 5.65. The molecule has 18 heavy (non-hydrogen) atoms. The summed E-state index contributed by atoms with van der Waals surface area (Å²) in [6.07, 6.45) is 3.31. The number of aliphatic hydroxyl groups excluding tert-OH is 1. The fourth-order valence-corrected chi connectivity index (χ4v) is 3.34. The molecule has 3 heteroatoms. The second kappa shape index (κ2) is 4.47. The average Bonchev–Trinajstić information content (AvgIpc) is 3.03. The van der Waals surface area contributed by atoms with Crippen molar-refractivity contribution < 1.29 is 14.6 Å². The first-order valence-electron chi connectivity index (χ1n) is 6.63. The third kappa shape index (κ3) is 1.97. The summed E-state index contributed by atoms with van der Waals surface area (Å²) in [4.78, 5) is 0. The molecule has 2 aliphatic carbocycles. The Morgan fingerprint density at radius 1 is 1.11 bits per heavy atom. The van der Waals surface area contributed by atoms with E-state index in [4.69, 9.17) is 9.47 Å². The normalized spacial score (nSPS) is 30.7. The second-order valence-corrected chi connectivity index (χ2v) is 5.54. The Hall–Kier alpha value is -1.22. The van der Waals surface area contributed by atoms with Crippen LogP contribution in [-0.4, -0.2) is 19.3 Å². The first-order valence-corrected chi connectivity index (χ1v) is 6.63. The van der Waals surface area contributed by atoms with Crippen LogP contribution in [0.4, 0.5) is 0 Å². The molecule has 0 aromatic heterocycles. The summed E-state index contributed by atoms with van der Waals surface area (Å²) in [5.41, 5.74) is 0.893. The van der Waals surface area contributed by atoms with E-state index in [1.165, 1.54) is 19.3 Å². The van der Waals surface area contributed by atoms with Crippen LogP contribution in [0.5, 0.6) is 11.5 Å². The van der Waals surface area contributed by atoms with E-state index >= 15 is 0 Å². The van der Waals surface area contributed by atoms with Gasteiger partial charge in [0.25, 0.3) is 0 Å². The Balaban J connectivity index is 1.81. The van der Waals surface area contributed by atoms with Gasteiger partial charge >= 0.3 is 0 Å². The summed E-state index contributed by atoms with van der Waals surface area (Å²) in [5.74, 6) is 3.65. The zero-order valence-corrected chi connectivity index (χ0v) is 10.9. The fourth-order valence-electron chi connectivity index (χ4n) is 3.34. The highest BCUT2D eigenvalue weighted by Crippen LogP contribution is 2.57. The summed E-state index contributed by atoms with van der Waals surface area (Å²) >= 11 is 0. The van der Waals surface area contributed by atoms with Crippen LogP contribution in [0.25, 0.3) is 0 Å². The minimum Gasteiger partial charge on any atom is -0.497 e. The van der Waals surface area contributed by atoms with E-state index in [1.54, 1.807) is 14.2 Å².